The van der Waals surface area contributed by atoms with Gasteiger partial charge < -0.3 is 10.5 Å². The third-order valence-corrected chi connectivity index (χ3v) is 2.26. The summed E-state index contributed by atoms with van der Waals surface area (Å²) in [5, 5.41) is 7.59. The Labute approximate surface area is 77.1 Å². The highest BCUT2D eigenvalue weighted by Gasteiger charge is 2.23. The van der Waals surface area contributed by atoms with Crippen molar-refractivity contribution in [3.63, 3.8) is 0 Å². The second kappa shape index (κ2) is 3.70. The molecule has 70 valence electrons. The van der Waals surface area contributed by atoms with Crippen LogP contribution in [0.5, 0.6) is 5.88 Å². The van der Waals surface area contributed by atoms with Gasteiger partial charge in [0.15, 0.2) is 0 Å². The lowest BCUT2D eigenvalue weighted by atomic mass is 10.3. The molecule has 1 saturated carbocycles. The molecular formula is C9H13N3O. The summed E-state index contributed by atoms with van der Waals surface area (Å²) < 4.78 is 5.59. The minimum Gasteiger partial charge on any atom is -0.473 e. The molecule has 0 amide bonds. The van der Waals surface area contributed by atoms with E-state index in [9.17, 15) is 0 Å². The lowest BCUT2D eigenvalue weighted by Gasteiger charge is -2.10. The molecule has 0 aromatic carbocycles. The zero-order valence-electron chi connectivity index (χ0n) is 7.39. The lowest BCUT2D eigenvalue weighted by molar-refractivity contribution is 0.197. The van der Waals surface area contributed by atoms with E-state index in [1.807, 2.05) is 12.1 Å². The number of rotatable bonds is 2. The van der Waals surface area contributed by atoms with Crippen LogP contribution in [0.15, 0.2) is 18.3 Å². The zero-order valence-corrected chi connectivity index (χ0v) is 7.39. The number of hydrogen-bond donors (Lipinski definition) is 1. The van der Waals surface area contributed by atoms with Crippen molar-refractivity contribution >= 4 is 0 Å². The van der Waals surface area contributed by atoms with Crippen LogP contribution in [0.4, 0.5) is 0 Å². The summed E-state index contributed by atoms with van der Waals surface area (Å²) >= 11 is 0. The summed E-state index contributed by atoms with van der Waals surface area (Å²) in [4.78, 5) is 0. The summed E-state index contributed by atoms with van der Waals surface area (Å²) in [5.41, 5.74) is 5.76. The van der Waals surface area contributed by atoms with E-state index >= 15 is 0 Å². The van der Waals surface area contributed by atoms with Crippen molar-refractivity contribution in [1.82, 2.24) is 10.2 Å². The molecule has 2 rings (SSSR count). The largest absolute Gasteiger partial charge is 0.473 e. The maximum atomic E-state index is 5.76. The molecule has 1 aromatic rings. The van der Waals surface area contributed by atoms with Gasteiger partial charge in [-0.15, -0.1) is 5.10 Å². The van der Waals surface area contributed by atoms with Gasteiger partial charge in [-0.1, -0.05) is 0 Å². The molecule has 1 aliphatic rings. The second-order valence-electron chi connectivity index (χ2n) is 3.37. The Morgan fingerprint density at radius 2 is 2.38 bits per heavy atom. The van der Waals surface area contributed by atoms with Crippen molar-refractivity contribution in [2.45, 2.75) is 31.4 Å². The third-order valence-electron chi connectivity index (χ3n) is 2.26. The van der Waals surface area contributed by atoms with Gasteiger partial charge in [-0.05, 0) is 25.3 Å². The average molecular weight is 179 g/mol. The average Bonchev–Trinajstić information content (AvgIpc) is 2.53. The molecule has 1 heterocycles. The van der Waals surface area contributed by atoms with E-state index in [0.717, 1.165) is 19.3 Å². The number of aromatic nitrogens is 2. The van der Waals surface area contributed by atoms with Crippen LogP contribution in [0, 0.1) is 0 Å². The Morgan fingerprint density at radius 1 is 1.46 bits per heavy atom. The molecular weight excluding hydrogens is 166 g/mol. The molecule has 0 aliphatic heterocycles. The van der Waals surface area contributed by atoms with Gasteiger partial charge in [-0.2, -0.15) is 5.10 Å². The van der Waals surface area contributed by atoms with Crippen LogP contribution in [0.1, 0.15) is 19.3 Å². The maximum Gasteiger partial charge on any atom is 0.233 e. The topological polar surface area (TPSA) is 61.0 Å². The first-order valence-electron chi connectivity index (χ1n) is 4.54. The van der Waals surface area contributed by atoms with Crippen molar-refractivity contribution in [3.05, 3.63) is 18.3 Å². The highest BCUT2D eigenvalue weighted by Crippen LogP contribution is 2.21. The first-order chi connectivity index (χ1) is 6.34. The van der Waals surface area contributed by atoms with Crippen LogP contribution in [0.25, 0.3) is 0 Å². The lowest BCUT2D eigenvalue weighted by Crippen LogP contribution is -2.19. The molecule has 13 heavy (non-hydrogen) atoms. The van der Waals surface area contributed by atoms with Gasteiger partial charge in [-0.3, -0.25) is 0 Å². The predicted octanol–water partition coefficient (Wildman–Crippen LogP) is 0.735. The first-order valence-corrected chi connectivity index (χ1v) is 4.54. The van der Waals surface area contributed by atoms with Crippen LogP contribution in [-0.2, 0) is 0 Å². The van der Waals surface area contributed by atoms with Crippen LogP contribution in [0.3, 0.4) is 0 Å². The van der Waals surface area contributed by atoms with Crippen molar-refractivity contribution < 1.29 is 4.74 Å². The molecule has 0 bridgehead atoms. The summed E-state index contributed by atoms with van der Waals surface area (Å²) in [6, 6.07) is 3.93. The Balaban J connectivity index is 1.92. The fourth-order valence-electron chi connectivity index (χ4n) is 1.60. The monoisotopic (exact) mass is 179 g/mol. The van der Waals surface area contributed by atoms with Crippen molar-refractivity contribution in [2.75, 3.05) is 0 Å². The minimum atomic E-state index is 0.228. The molecule has 1 aromatic heterocycles. The molecule has 1 fully saturated rings. The van der Waals surface area contributed by atoms with Gasteiger partial charge >= 0.3 is 0 Å². The predicted molar refractivity (Wildman–Crippen MR) is 48.3 cm³/mol. The molecule has 1 aliphatic carbocycles. The Hall–Kier alpha value is -1.16. The normalized spacial score (nSPS) is 27.5. The van der Waals surface area contributed by atoms with Crippen molar-refractivity contribution in [3.8, 4) is 5.88 Å². The first kappa shape index (κ1) is 8.44. The van der Waals surface area contributed by atoms with Gasteiger partial charge in [0.1, 0.15) is 6.10 Å². The van der Waals surface area contributed by atoms with E-state index in [0.29, 0.717) is 11.9 Å². The fourth-order valence-corrected chi connectivity index (χ4v) is 1.60. The zero-order chi connectivity index (χ0) is 9.10. The molecule has 4 nitrogen and oxygen atoms in total. The van der Waals surface area contributed by atoms with Crippen LogP contribution in [-0.4, -0.2) is 22.3 Å². The minimum absolute atomic E-state index is 0.228. The molecule has 4 heteroatoms. The molecule has 2 N–H and O–H groups in total. The standard InChI is InChI=1S/C9H13N3O/c10-7-3-4-8(6-7)13-9-2-1-5-11-12-9/h1-2,5,7-8H,3-4,6,10H2. The smallest absolute Gasteiger partial charge is 0.233 e. The summed E-state index contributed by atoms with van der Waals surface area (Å²) in [6.07, 6.45) is 4.86. The fraction of sp³-hybridized carbons (Fsp3) is 0.556. The quantitative estimate of drug-likeness (QED) is 0.727. The maximum absolute atomic E-state index is 5.76. The molecule has 2 atom stereocenters. The van der Waals surface area contributed by atoms with E-state index in [2.05, 4.69) is 10.2 Å². The molecule has 0 radical (unpaired) electrons. The van der Waals surface area contributed by atoms with Crippen molar-refractivity contribution in [2.24, 2.45) is 5.73 Å². The van der Waals surface area contributed by atoms with E-state index in [1.165, 1.54) is 0 Å². The van der Waals surface area contributed by atoms with Gasteiger partial charge in [0.25, 0.3) is 0 Å². The molecule has 0 saturated heterocycles. The van der Waals surface area contributed by atoms with E-state index < -0.39 is 0 Å². The van der Waals surface area contributed by atoms with Crippen molar-refractivity contribution in [1.29, 1.82) is 0 Å². The van der Waals surface area contributed by atoms with Gasteiger partial charge in [0, 0.05) is 18.3 Å². The number of ether oxygens (including phenoxy) is 1. The van der Waals surface area contributed by atoms with Gasteiger partial charge in [0.05, 0.1) is 0 Å². The Bertz CT molecular complexity index is 265. The summed E-state index contributed by atoms with van der Waals surface area (Å²) in [6.45, 7) is 0. The second-order valence-corrected chi connectivity index (χ2v) is 3.37. The van der Waals surface area contributed by atoms with E-state index in [-0.39, 0.29) is 6.10 Å². The summed E-state index contributed by atoms with van der Waals surface area (Å²) in [5.74, 6) is 0.599. The third kappa shape index (κ3) is 2.15. The Morgan fingerprint density at radius 3 is 3.00 bits per heavy atom. The SMILES string of the molecule is NC1CCC(Oc2cccnn2)C1. The van der Waals surface area contributed by atoms with Crippen LogP contribution < -0.4 is 10.5 Å². The number of nitrogens with two attached hydrogens (primary N) is 1. The van der Waals surface area contributed by atoms with E-state index in [1.54, 1.807) is 6.20 Å². The Kier molecular flexibility index (Phi) is 2.40. The number of nitrogens with zero attached hydrogens (tertiary/aromatic N) is 2. The van der Waals surface area contributed by atoms with Crippen LogP contribution >= 0.6 is 0 Å². The van der Waals surface area contributed by atoms with E-state index in [4.69, 9.17) is 10.5 Å². The van der Waals surface area contributed by atoms with Gasteiger partial charge in [0.2, 0.25) is 5.88 Å². The number of hydrogen-bond acceptors (Lipinski definition) is 4. The molecule has 0 spiro atoms. The highest BCUT2D eigenvalue weighted by molar-refractivity contribution is 5.06. The summed E-state index contributed by atoms with van der Waals surface area (Å²) in [7, 11) is 0. The van der Waals surface area contributed by atoms with Gasteiger partial charge in [-0.25, -0.2) is 0 Å². The van der Waals surface area contributed by atoms with Crippen LogP contribution in [0.2, 0.25) is 0 Å². The highest BCUT2D eigenvalue weighted by atomic mass is 16.5. The molecule has 2 unspecified atom stereocenters.